The second kappa shape index (κ2) is 6.19. The minimum absolute atomic E-state index is 0.0293. The Bertz CT molecular complexity index is 651. The molecule has 2 aromatic rings. The van der Waals surface area contributed by atoms with E-state index in [9.17, 15) is 14.7 Å². The Morgan fingerprint density at radius 3 is 2.62 bits per heavy atom. The highest BCUT2D eigenvalue weighted by molar-refractivity contribution is 6.03. The van der Waals surface area contributed by atoms with E-state index < -0.39 is 18.0 Å². The van der Waals surface area contributed by atoms with Crippen LogP contribution in [-0.2, 0) is 7.05 Å². The zero-order valence-corrected chi connectivity index (χ0v) is 11.4. The molecule has 110 valence electrons. The van der Waals surface area contributed by atoms with E-state index >= 15 is 0 Å². The lowest BCUT2D eigenvalue weighted by atomic mass is 10.1. The Hall–Kier alpha value is -2.67. The first-order chi connectivity index (χ1) is 9.99. The van der Waals surface area contributed by atoms with Gasteiger partial charge in [0.05, 0.1) is 6.10 Å². The van der Waals surface area contributed by atoms with Gasteiger partial charge in [-0.3, -0.25) is 9.48 Å². The normalized spacial score (nSPS) is 11.9. The number of aryl methyl sites for hydroxylation is 1. The van der Waals surface area contributed by atoms with E-state index in [0.29, 0.717) is 5.56 Å². The van der Waals surface area contributed by atoms with Gasteiger partial charge in [-0.2, -0.15) is 5.10 Å². The molecule has 7 nitrogen and oxygen atoms in total. The third-order valence-corrected chi connectivity index (χ3v) is 2.91. The Morgan fingerprint density at radius 2 is 2.00 bits per heavy atom. The summed E-state index contributed by atoms with van der Waals surface area (Å²) in [5.74, 6) is -1.86. The van der Waals surface area contributed by atoms with Gasteiger partial charge in [-0.15, -0.1) is 0 Å². The van der Waals surface area contributed by atoms with E-state index in [-0.39, 0.29) is 17.8 Å². The van der Waals surface area contributed by atoms with Crippen LogP contribution in [0.25, 0.3) is 0 Å². The van der Waals surface area contributed by atoms with Crippen molar-refractivity contribution in [1.29, 1.82) is 0 Å². The predicted octanol–water partition coefficient (Wildman–Crippen LogP) is 0.582. The van der Waals surface area contributed by atoms with Crippen LogP contribution in [0.4, 0.5) is 0 Å². The zero-order chi connectivity index (χ0) is 15.4. The monoisotopic (exact) mass is 289 g/mol. The van der Waals surface area contributed by atoms with Gasteiger partial charge in [0, 0.05) is 19.8 Å². The maximum atomic E-state index is 12.0. The van der Waals surface area contributed by atoms with E-state index in [0.717, 1.165) is 0 Å². The number of rotatable bonds is 5. The molecule has 1 amide bonds. The van der Waals surface area contributed by atoms with Crippen molar-refractivity contribution in [1.82, 2.24) is 15.1 Å². The van der Waals surface area contributed by atoms with E-state index in [4.69, 9.17) is 5.11 Å². The smallest absolute Gasteiger partial charge is 0.339 e. The molecule has 0 spiro atoms. The maximum Gasteiger partial charge on any atom is 0.339 e. The molecular formula is C14H15N3O4. The number of aliphatic hydroxyl groups excluding tert-OH is 1. The molecule has 0 unspecified atom stereocenters. The van der Waals surface area contributed by atoms with Crippen LogP contribution in [0.2, 0.25) is 0 Å². The molecule has 21 heavy (non-hydrogen) atoms. The lowest BCUT2D eigenvalue weighted by Crippen LogP contribution is -2.29. The quantitative estimate of drug-likeness (QED) is 0.747. The standard InChI is InChI=1S/C14H15N3O4/c1-17-8-10(14(20)21)12(16-17)13(19)15-7-11(18)9-5-3-2-4-6-9/h2-6,8,11,18H,7H2,1H3,(H,15,19)(H,20,21)/t11-/m0/s1. The van der Waals surface area contributed by atoms with Crippen molar-refractivity contribution in [3.63, 3.8) is 0 Å². The maximum absolute atomic E-state index is 12.0. The summed E-state index contributed by atoms with van der Waals surface area (Å²) in [6.45, 7) is -0.0293. The molecule has 1 aromatic heterocycles. The van der Waals surface area contributed by atoms with Gasteiger partial charge in [0.1, 0.15) is 5.56 Å². The second-order valence-electron chi connectivity index (χ2n) is 4.51. The number of aromatic nitrogens is 2. The lowest BCUT2D eigenvalue weighted by Gasteiger charge is -2.11. The van der Waals surface area contributed by atoms with Crippen LogP contribution in [0.5, 0.6) is 0 Å². The summed E-state index contributed by atoms with van der Waals surface area (Å²) in [6, 6.07) is 8.85. The van der Waals surface area contributed by atoms with Crippen molar-refractivity contribution in [2.24, 2.45) is 7.05 Å². The number of aromatic carboxylic acids is 1. The largest absolute Gasteiger partial charge is 0.478 e. The fraction of sp³-hybridized carbons (Fsp3) is 0.214. The number of hydrogen-bond acceptors (Lipinski definition) is 4. The molecule has 1 atom stereocenters. The minimum Gasteiger partial charge on any atom is -0.478 e. The summed E-state index contributed by atoms with van der Waals surface area (Å²) in [5, 5.41) is 25.2. The van der Waals surface area contributed by atoms with Gasteiger partial charge in [0.25, 0.3) is 5.91 Å². The van der Waals surface area contributed by atoms with E-state index in [1.54, 1.807) is 24.3 Å². The van der Waals surface area contributed by atoms with Crippen LogP contribution in [0.1, 0.15) is 32.5 Å². The molecule has 7 heteroatoms. The highest BCUT2D eigenvalue weighted by Gasteiger charge is 2.21. The first-order valence-electron chi connectivity index (χ1n) is 6.27. The Morgan fingerprint density at radius 1 is 1.33 bits per heavy atom. The van der Waals surface area contributed by atoms with Crippen LogP contribution >= 0.6 is 0 Å². The average Bonchev–Trinajstić information content (AvgIpc) is 2.87. The van der Waals surface area contributed by atoms with Gasteiger partial charge in [-0.05, 0) is 5.56 Å². The van der Waals surface area contributed by atoms with E-state index in [1.807, 2.05) is 6.07 Å². The van der Waals surface area contributed by atoms with Gasteiger partial charge in [0.2, 0.25) is 0 Å². The summed E-state index contributed by atoms with van der Waals surface area (Å²) in [6.07, 6.45) is 0.386. The van der Waals surface area contributed by atoms with Crippen molar-refractivity contribution in [3.05, 3.63) is 53.3 Å². The summed E-state index contributed by atoms with van der Waals surface area (Å²) >= 11 is 0. The Balaban J connectivity index is 2.04. The topological polar surface area (TPSA) is 104 Å². The number of carboxylic acids is 1. The molecule has 0 aliphatic heterocycles. The number of carbonyl (C=O) groups excluding carboxylic acids is 1. The number of hydrogen-bond donors (Lipinski definition) is 3. The summed E-state index contributed by atoms with van der Waals surface area (Å²) in [4.78, 5) is 23.0. The van der Waals surface area contributed by atoms with Crippen LogP contribution in [0, 0.1) is 0 Å². The Kier molecular flexibility index (Phi) is 4.34. The summed E-state index contributed by atoms with van der Waals surface area (Å²) in [5.41, 5.74) is 0.312. The van der Waals surface area contributed by atoms with Gasteiger partial charge < -0.3 is 15.5 Å². The molecular weight excluding hydrogens is 274 g/mol. The molecule has 2 rings (SSSR count). The zero-order valence-electron chi connectivity index (χ0n) is 11.4. The number of nitrogens with zero attached hydrogens (tertiary/aromatic N) is 2. The molecule has 1 heterocycles. The summed E-state index contributed by atoms with van der Waals surface area (Å²) < 4.78 is 1.26. The van der Waals surface area contributed by atoms with Crippen molar-refractivity contribution in [2.75, 3.05) is 6.54 Å². The van der Waals surface area contributed by atoms with Crippen LogP contribution < -0.4 is 5.32 Å². The molecule has 0 aliphatic rings. The van der Waals surface area contributed by atoms with Crippen molar-refractivity contribution < 1.29 is 19.8 Å². The van der Waals surface area contributed by atoms with E-state index in [1.165, 1.54) is 17.9 Å². The molecule has 0 radical (unpaired) electrons. The second-order valence-corrected chi connectivity index (χ2v) is 4.51. The highest BCUT2D eigenvalue weighted by atomic mass is 16.4. The fourth-order valence-electron chi connectivity index (χ4n) is 1.88. The van der Waals surface area contributed by atoms with Crippen LogP contribution in [0.3, 0.4) is 0 Å². The SMILES string of the molecule is Cn1cc(C(=O)O)c(C(=O)NC[C@H](O)c2ccccc2)n1. The van der Waals surface area contributed by atoms with Crippen LogP contribution in [-0.4, -0.2) is 38.4 Å². The Labute approximate surface area is 120 Å². The third kappa shape index (κ3) is 3.46. The molecule has 0 bridgehead atoms. The molecule has 0 fully saturated rings. The molecule has 0 saturated heterocycles. The van der Waals surface area contributed by atoms with Crippen molar-refractivity contribution in [2.45, 2.75) is 6.10 Å². The molecule has 3 N–H and O–H groups in total. The number of benzene rings is 1. The number of amides is 1. The predicted molar refractivity (Wildman–Crippen MR) is 73.9 cm³/mol. The fourth-order valence-corrected chi connectivity index (χ4v) is 1.88. The van der Waals surface area contributed by atoms with Gasteiger partial charge in [-0.1, -0.05) is 30.3 Å². The molecule has 0 aliphatic carbocycles. The molecule has 1 aromatic carbocycles. The van der Waals surface area contributed by atoms with Crippen molar-refractivity contribution >= 4 is 11.9 Å². The summed E-state index contributed by atoms with van der Waals surface area (Å²) in [7, 11) is 1.53. The minimum atomic E-state index is -1.23. The average molecular weight is 289 g/mol. The molecule has 0 saturated carbocycles. The van der Waals surface area contributed by atoms with Gasteiger partial charge in [0.15, 0.2) is 5.69 Å². The van der Waals surface area contributed by atoms with Crippen LogP contribution in [0.15, 0.2) is 36.5 Å². The third-order valence-electron chi connectivity index (χ3n) is 2.91. The first kappa shape index (κ1) is 14.7. The first-order valence-corrected chi connectivity index (χ1v) is 6.27. The number of carboxylic acid groups (broad SMARTS) is 1. The number of nitrogens with one attached hydrogen (secondary N) is 1. The van der Waals surface area contributed by atoms with E-state index in [2.05, 4.69) is 10.4 Å². The van der Waals surface area contributed by atoms with Gasteiger partial charge >= 0.3 is 5.97 Å². The number of aliphatic hydroxyl groups is 1. The number of carbonyl (C=O) groups is 2. The highest BCUT2D eigenvalue weighted by Crippen LogP contribution is 2.11. The van der Waals surface area contributed by atoms with Crippen molar-refractivity contribution in [3.8, 4) is 0 Å². The lowest BCUT2D eigenvalue weighted by molar-refractivity contribution is 0.0690. The van der Waals surface area contributed by atoms with Gasteiger partial charge in [-0.25, -0.2) is 4.79 Å².